The summed E-state index contributed by atoms with van der Waals surface area (Å²) in [6.45, 7) is 6.80. The van der Waals surface area contributed by atoms with Gasteiger partial charge in [0.25, 0.3) is 0 Å². The van der Waals surface area contributed by atoms with Gasteiger partial charge in [-0.25, -0.2) is 0 Å². The smallest absolute Gasteiger partial charge is 0.148 e. The minimum atomic E-state index is -0.823. The molecule has 0 aliphatic heterocycles. The van der Waals surface area contributed by atoms with E-state index in [4.69, 9.17) is 0 Å². The van der Waals surface area contributed by atoms with Gasteiger partial charge in [0.05, 0.1) is 5.60 Å². The predicted octanol–water partition coefficient (Wildman–Crippen LogP) is 2.71. The van der Waals surface area contributed by atoms with Crippen LogP contribution in [0.25, 0.3) is 0 Å². The van der Waals surface area contributed by atoms with E-state index in [1.807, 2.05) is 0 Å². The maximum absolute atomic E-state index is 11.2. The molecule has 3 aliphatic rings. The third-order valence-electron chi connectivity index (χ3n) is 5.85. The summed E-state index contributed by atoms with van der Waals surface area (Å²) < 4.78 is 0. The van der Waals surface area contributed by atoms with E-state index in [1.54, 1.807) is 0 Å². The van der Waals surface area contributed by atoms with Crippen LogP contribution in [0.15, 0.2) is 11.6 Å². The minimum absolute atomic E-state index is 0.0591. The molecule has 4 atom stereocenters. The fraction of sp³-hybridized carbons (Fsp3) is 0.800. The molecular weight excluding hydrogens is 212 g/mol. The van der Waals surface area contributed by atoms with Crippen LogP contribution in [0.2, 0.25) is 0 Å². The second kappa shape index (κ2) is 3.03. The van der Waals surface area contributed by atoms with Gasteiger partial charge in [-0.3, -0.25) is 4.79 Å². The van der Waals surface area contributed by atoms with Crippen LogP contribution in [0.1, 0.15) is 46.5 Å². The van der Waals surface area contributed by atoms with Crippen molar-refractivity contribution in [1.82, 2.24) is 0 Å². The zero-order valence-electron chi connectivity index (χ0n) is 11.0. The normalized spacial score (nSPS) is 50.9. The third kappa shape index (κ3) is 1.22. The zero-order valence-corrected chi connectivity index (χ0v) is 11.0. The van der Waals surface area contributed by atoms with Crippen LogP contribution in [0.4, 0.5) is 0 Å². The molecule has 2 heteroatoms. The lowest BCUT2D eigenvalue weighted by Crippen LogP contribution is -2.63. The number of hydrogen-bond acceptors (Lipinski definition) is 2. The summed E-state index contributed by atoms with van der Waals surface area (Å²) in [7, 11) is 0. The van der Waals surface area contributed by atoms with E-state index in [1.165, 1.54) is 6.42 Å². The summed E-state index contributed by atoms with van der Waals surface area (Å²) in [6.07, 6.45) is 7.12. The van der Waals surface area contributed by atoms with Crippen molar-refractivity contribution in [3.8, 4) is 0 Å². The molecule has 2 saturated carbocycles. The Morgan fingerprint density at radius 3 is 2.53 bits per heavy atom. The highest BCUT2D eigenvalue weighted by Crippen LogP contribution is 2.67. The van der Waals surface area contributed by atoms with E-state index in [0.717, 1.165) is 25.5 Å². The summed E-state index contributed by atoms with van der Waals surface area (Å²) in [5.74, 6) is 1.05. The summed E-state index contributed by atoms with van der Waals surface area (Å²) in [5.41, 5.74) is 0.126. The number of aldehydes is 1. The summed E-state index contributed by atoms with van der Waals surface area (Å²) in [5, 5.41) is 10.8. The Hall–Kier alpha value is -0.630. The number of carbonyl (C=O) groups is 1. The Balaban J connectivity index is 2.07. The predicted molar refractivity (Wildman–Crippen MR) is 66.4 cm³/mol. The third-order valence-corrected chi connectivity index (χ3v) is 5.85. The van der Waals surface area contributed by atoms with Crippen LogP contribution in [0, 0.1) is 22.7 Å². The molecule has 0 amide bonds. The molecule has 0 aromatic heterocycles. The summed E-state index contributed by atoms with van der Waals surface area (Å²) in [4.78, 5) is 11.2. The Labute approximate surface area is 103 Å². The van der Waals surface area contributed by atoms with Crippen LogP contribution in [-0.2, 0) is 4.79 Å². The van der Waals surface area contributed by atoms with Gasteiger partial charge in [0.1, 0.15) is 6.29 Å². The highest BCUT2D eigenvalue weighted by molar-refractivity contribution is 5.78. The minimum Gasteiger partial charge on any atom is -0.384 e. The molecule has 1 N–H and O–H groups in total. The maximum Gasteiger partial charge on any atom is 0.148 e. The largest absolute Gasteiger partial charge is 0.384 e. The van der Waals surface area contributed by atoms with Crippen molar-refractivity contribution in [2.75, 3.05) is 0 Å². The van der Waals surface area contributed by atoms with Gasteiger partial charge in [-0.15, -0.1) is 0 Å². The van der Waals surface area contributed by atoms with Gasteiger partial charge in [0.2, 0.25) is 0 Å². The highest BCUT2D eigenvalue weighted by atomic mass is 16.3. The molecule has 17 heavy (non-hydrogen) atoms. The Morgan fingerprint density at radius 2 is 2.00 bits per heavy atom. The van der Waals surface area contributed by atoms with Gasteiger partial charge in [0.15, 0.2) is 0 Å². The molecule has 0 spiro atoms. The van der Waals surface area contributed by atoms with Gasteiger partial charge in [-0.2, -0.15) is 0 Å². The molecule has 2 nitrogen and oxygen atoms in total. The highest BCUT2D eigenvalue weighted by Gasteiger charge is 2.66. The standard InChI is InChI=1S/C15H22O2/c1-13(2)7-10-6-11(9-16)15(17)5-4-14(15,3)12(10)8-13/h6,9-10,12,17H,4-5,7-8H2,1-3H3. The number of allylic oxidation sites excluding steroid dienone is 1. The van der Waals surface area contributed by atoms with Crippen molar-refractivity contribution >= 4 is 6.29 Å². The zero-order chi connectivity index (χ0) is 12.5. The lowest BCUT2D eigenvalue weighted by molar-refractivity contribution is -0.174. The number of rotatable bonds is 1. The van der Waals surface area contributed by atoms with Gasteiger partial charge in [-0.05, 0) is 42.9 Å². The molecule has 3 aliphatic carbocycles. The summed E-state index contributed by atoms with van der Waals surface area (Å²) in [6, 6.07) is 0. The van der Waals surface area contributed by atoms with Gasteiger partial charge in [0, 0.05) is 11.0 Å². The molecular formula is C15H22O2. The van der Waals surface area contributed by atoms with Crippen LogP contribution in [0.5, 0.6) is 0 Å². The first-order chi connectivity index (χ1) is 7.82. The average molecular weight is 234 g/mol. The van der Waals surface area contributed by atoms with Crippen molar-refractivity contribution < 1.29 is 9.90 Å². The Kier molecular flexibility index (Phi) is 2.04. The molecule has 0 bridgehead atoms. The second-order valence-corrected chi connectivity index (χ2v) is 7.36. The molecule has 0 heterocycles. The molecule has 2 fully saturated rings. The molecule has 0 saturated heterocycles. The fourth-order valence-corrected chi connectivity index (χ4v) is 4.71. The lowest BCUT2D eigenvalue weighted by Gasteiger charge is -2.61. The first-order valence-corrected chi connectivity index (χ1v) is 6.72. The molecule has 0 aromatic carbocycles. The number of fused-ring (bicyclic) bond motifs is 3. The number of aliphatic hydroxyl groups is 1. The van der Waals surface area contributed by atoms with Gasteiger partial charge >= 0.3 is 0 Å². The Morgan fingerprint density at radius 1 is 1.29 bits per heavy atom. The van der Waals surface area contributed by atoms with Gasteiger partial charge in [-0.1, -0.05) is 26.8 Å². The number of hydrogen-bond donors (Lipinski definition) is 1. The van der Waals surface area contributed by atoms with E-state index in [0.29, 0.717) is 22.8 Å². The van der Waals surface area contributed by atoms with Gasteiger partial charge < -0.3 is 5.11 Å². The quantitative estimate of drug-likeness (QED) is 0.708. The van der Waals surface area contributed by atoms with Crippen LogP contribution >= 0.6 is 0 Å². The molecule has 0 aromatic rings. The average Bonchev–Trinajstić information content (AvgIpc) is 2.56. The Bertz CT molecular complexity index is 409. The van der Waals surface area contributed by atoms with E-state index in [2.05, 4.69) is 26.8 Å². The van der Waals surface area contributed by atoms with Crippen LogP contribution in [-0.4, -0.2) is 17.0 Å². The van der Waals surface area contributed by atoms with Crippen LogP contribution in [0.3, 0.4) is 0 Å². The first-order valence-electron chi connectivity index (χ1n) is 6.72. The van der Waals surface area contributed by atoms with E-state index in [9.17, 15) is 9.90 Å². The topological polar surface area (TPSA) is 37.3 Å². The van der Waals surface area contributed by atoms with Crippen molar-refractivity contribution in [2.45, 2.75) is 52.1 Å². The van der Waals surface area contributed by atoms with Crippen molar-refractivity contribution in [3.63, 3.8) is 0 Å². The fourth-order valence-electron chi connectivity index (χ4n) is 4.71. The molecule has 94 valence electrons. The number of carbonyl (C=O) groups excluding carboxylic acids is 1. The second-order valence-electron chi connectivity index (χ2n) is 7.36. The van der Waals surface area contributed by atoms with E-state index < -0.39 is 5.60 Å². The maximum atomic E-state index is 11.2. The van der Waals surface area contributed by atoms with E-state index in [-0.39, 0.29) is 5.41 Å². The molecule has 4 unspecified atom stereocenters. The first kappa shape index (κ1) is 11.5. The van der Waals surface area contributed by atoms with Crippen LogP contribution < -0.4 is 0 Å². The van der Waals surface area contributed by atoms with Crippen molar-refractivity contribution in [2.24, 2.45) is 22.7 Å². The van der Waals surface area contributed by atoms with Crippen molar-refractivity contribution in [1.29, 1.82) is 0 Å². The molecule has 3 rings (SSSR count). The lowest BCUT2D eigenvalue weighted by atomic mass is 9.45. The van der Waals surface area contributed by atoms with Crippen molar-refractivity contribution in [3.05, 3.63) is 11.6 Å². The summed E-state index contributed by atoms with van der Waals surface area (Å²) >= 11 is 0. The monoisotopic (exact) mass is 234 g/mol. The SMILES string of the molecule is CC1(C)CC2C=C(C=O)C3(O)CCC3(C)C2C1. The van der Waals surface area contributed by atoms with E-state index >= 15 is 0 Å². The molecule has 0 radical (unpaired) electrons.